The van der Waals surface area contributed by atoms with E-state index in [1.807, 2.05) is 0 Å². The van der Waals surface area contributed by atoms with Gasteiger partial charge in [0.05, 0.1) is 31.4 Å². The van der Waals surface area contributed by atoms with Gasteiger partial charge in [0, 0.05) is 18.2 Å². The molecule has 0 radical (unpaired) electrons. The highest BCUT2D eigenvalue weighted by Crippen LogP contribution is 2.34. The molecule has 0 aliphatic carbocycles. The number of ketones is 1. The monoisotopic (exact) mass is 508 g/mol. The van der Waals surface area contributed by atoms with E-state index >= 15 is 0 Å². The van der Waals surface area contributed by atoms with Crippen molar-refractivity contribution in [2.45, 2.75) is 38.7 Å². The molecule has 37 heavy (non-hydrogen) atoms. The van der Waals surface area contributed by atoms with Crippen LogP contribution in [0.5, 0.6) is 5.75 Å². The van der Waals surface area contributed by atoms with Gasteiger partial charge in [0.1, 0.15) is 22.9 Å². The Morgan fingerprint density at radius 2 is 1.73 bits per heavy atom. The highest BCUT2D eigenvalue weighted by Gasteiger charge is 2.29. The third-order valence-corrected chi connectivity index (χ3v) is 5.34. The number of carbonyl (C=O) groups excluding carboxylic acids is 3. The van der Waals surface area contributed by atoms with E-state index in [1.165, 1.54) is 38.5 Å². The standard InChI is InChI=1S/C28H29FN2O6/c1-28(2,3)37-27(34)31-24-16-18(35-4)13-14-19(24)21(25(32)20-10-6-7-11-22(20)29)15-17-9-8-12-23(30-17)26(33)36-5/h6-14,16,21H,15H2,1-5H3,(H,31,34). The Bertz CT molecular complexity index is 1300. The smallest absolute Gasteiger partial charge is 0.412 e. The number of hydrogen-bond acceptors (Lipinski definition) is 7. The Labute approximate surface area is 214 Å². The third-order valence-electron chi connectivity index (χ3n) is 5.34. The molecule has 3 aromatic rings. The molecule has 0 spiro atoms. The minimum Gasteiger partial charge on any atom is -0.497 e. The number of ether oxygens (including phenoxy) is 3. The fourth-order valence-electron chi connectivity index (χ4n) is 3.70. The molecule has 1 N–H and O–H groups in total. The Balaban J connectivity index is 2.11. The predicted octanol–water partition coefficient (Wildman–Crippen LogP) is 5.57. The number of esters is 1. The molecule has 1 amide bonds. The molecule has 0 fully saturated rings. The van der Waals surface area contributed by atoms with Crippen LogP contribution in [0.4, 0.5) is 14.9 Å². The molecular weight excluding hydrogens is 479 g/mol. The number of hydrogen-bond donors (Lipinski definition) is 1. The molecule has 0 aliphatic heterocycles. The van der Waals surface area contributed by atoms with E-state index in [2.05, 4.69) is 10.3 Å². The molecule has 0 aliphatic rings. The Morgan fingerprint density at radius 1 is 1.00 bits per heavy atom. The molecule has 194 valence electrons. The lowest BCUT2D eigenvalue weighted by Crippen LogP contribution is -2.28. The van der Waals surface area contributed by atoms with Crippen LogP contribution in [0.25, 0.3) is 0 Å². The lowest BCUT2D eigenvalue weighted by molar-refractivity contribution is 0.0591. The average Bonchev–Trinajstić information content (AvgIpc) is 2.86. The normalized spacial score (nSPS) is 11.8. The van der Waals surface area contributed by atoms with Gasteiger partial charge < -0.3 is 14.2 Å². The van der Waals surface area contributed by atoms with E-state index < -0.39 is 35.2 Å². The maximum atomic E-state index is 14.7. The van der Waals surface area contributed by atoms with E-state index in [1.54, 1.807) is 57.2 Å². The molecule has 8 nitrogen and oxygen atoms in total. The number of carbonyl (C=O) groups is 3. The van der Waals surface area contributed by atoms with Crippen LogP contribution < -0.4 is 10.1 Å². The van der Waals surface area contributed by atoms with Gasteiger partial charge in [-0.3, -0.25) is 10.1 Å². The number of nitrogens with zero attached hydrogens (tertiary/aromatic N) is 1. The zero-order valence-corrected chi connectivity index (χ0v) is 21.3. The van der Waals surface area contributed by atoms with Crippen LogP contribution in [0.1, 0.15) is 58.8 Å². The zero-order valence-electron chi connectivity index (χ0n) is 21.3. The molecule has 3 rings (SSSR count). The summed E-state index contributed by atoms with van der Waals surface area (Å²) in [7, 11) is 2.71. The molecular formula is C28H29FN2O6. The summed E-state index contributed by atoms with van der Waals surface area (Å²) in [6, 6.07) is 15.2. The maximum absolute atomic E-state index is 14.7. The summed E-state index contributed by atoms with van der Waals surface area (Å²) in [6.07, 6.45) is -0.724. The number of methoxy groups -OCH3 is 2. The van der Waals surface area contributed by atoms with Crippen molar-refractivity contribution < 1.29 is 33.0 Å². The van der Waals surface area contributed by atoms with Crippen molar-refractivity contribution >= 4 is 23.5 Å². The first-order chi connectivity index (χ1) is 17.5. The molecule has 1 unspecified atom stereocenters. The van der Waals surface area contributed by atoms with Gasteiger partial charge in [0.2, 0.25) is 0 Å². The van der Waals surface area contributed by atoms with Crippen molar-refractivity contribution in [1.29, 1.82) is 0 Å². The summed E-state index contributed by atoms with van der Waals surface area (Å²) in [5.74, 6) is -2.38. The molecule has 9 heteroatoms. The highest BCUT2D eigenvalue weighted by molar-refractivity contribution is 6.03. The summed E-state index contributed by atoms with van der Waals surface area (Å²) in [4.78, 5) is 42.7. The summed E-state index contributed by atoms with van der Waals surface area (Å²) in [5.41, 5.74) is 0.243. The number of amides is 1. The fraction of sp³-hybridized carbons (Fsp3) is 0.286. The second-order valence-electron chi connectivity index (χ2n) is 9.19. The first-order valence-electron chi connectivity index (χ1n) is 11.5. The third kappa shape index (κ3) is 7.13. The van der Waals surface area contributed by atoms with Crippen molar-refractivity contribution in [3.05, 3.63) is 89.0 Å². The van der Waals surface area contributed by atoms with Crippen molar-refractivity contribution in [2.24, 2.45) is 0 Å². The Morgan fingerprint density at radius 3 is 2.38 bits per heavy atom. The first kappa shape index (κ1) is 27.3. The summed E-state index contributed by atoms with van der Waals surface area (Å²) >= 11 is 0. The molecule has 2 aromatic carbocycles. The van der Waals surface area contributed by atoms with Crippen LogP contribution in [-0.4, -0.2) is 42.7 Å². The van der Waals surface area contributed by atoms with Gasteiger partial charge in [-0.2, -0.15) is 0 Å². The van der Waals surface area contributed by atoms with Crippen LogP contribution in [0.2, 0.25) is 0 Å². The topological polar surface area (TPSA) is 104 Å². The maximum Gasteiger partial charge on any atom is 0.412 e. The molecule has 1 atom stereocenters. The Hall–Kier alpha value is -4.27. The van der Waals surface area contributed by atoms with Gasteiger partial charge in [0.25, 0.3) is 0 Å². The SMILES string of the molecule is COC(=O)c1cccc(CC(C(=O)c2ccccc2F)c2ccc(OC)cc2NC(=O)OC(C)(C)C)n1. The van der Waals surface area contributed by atoms with Gasteiger partial charge >= 0.3 is 12.1 Å². The zero-order chi connectivity index (χ0) is 27.2. The molecule has 1 aromatic heterocycles. The van der Waals surface area contributed by atoms with Crippen LogP contribution in [0, 0.1) is 5.82 Å². The second-order valence-corrected chi connectivity index (χ2v) is 9.19. The van der Waals surface area contributed by atoms with Gasteiger partial charge in [0.15, 0.2) is 5.78 Å². The molecule has 0 saturated carbocycles. The summed E-state index contributed by atoms with van der Waals surface area (Å²) < 4.78 is 30.1. The van der Waals surface area contributed by atoms with E-state index in [4.69, 9.17) is 14.2 Å². The van der Waals surface area contributed by atoms with E-state index in [0.717, 1.165) is 0 Å². The van der Waals surface area contributed by atoms with Crippen molar-refractivity contribution in [3.8, 4) is 5.75 Å². The second kappa shape index (κ2) is 11.6. The van der Waals surface area contributed by atoms with Crippen LogP contribution in [-0.2, 0) is 15.9 Å². The Kier molecular flexibility index (Phi) is 8.60. The van der Waals surface area contributed by atoms with Crippen molar-refractivity contribution in [2.75, 3.05) is 19.5 Å². The fourth-order valence-corrected chi connectivity index (χ4v) is 3.70. The quantitative estimate of drug-likeness (QED) is 0.313. The van der Waals surface area contributed by atoms with Crippen LogP contribution in [0.3, 0.4) is 0 Å². The number of Topliss-reactive ketones (excluding diaryl/α,β-unsaturated/α-hetero) is 1. The summed E-state index contributed by atoms with van der Waals surface area (Å²) in [6.45, 7) is 5.18. The molecule has 1 heterocycles. The van der Waals surface area contributed by atoms with Gasteiger partial charge in [-0.05, 0) is 56.7 Å². The number of rotatable bonds is 8. The first-order valence-corrected chi connectivity index (χ1v) is 11.5. The number of anilines is 1. The van der Waals surface area contributed by atoms with E-state index in [-0.39, 0.29) is 23.4 Å². The number of halogens is 1. The predicted molar refractivity (Wildman–Crippen MR) is 136 cm³/mol. The number of nitrogens with one attached hydrogen (secondary N) is 1. The average molecular weight is 509 g/mol. The lowest BCUT2D eigenvalue weighted by atomic mass is 9.85. The van der Waals surface area contributed by atoms with Gasteiger partial charge in [-0.1, -0.05) is 24.3 Å². The van der Waals surface area contributed by atoms with Gasteiger partial charge in [-0.15, -0.1) is 0 Å². The number of aromatic nitrogens is 1. The van der Waals surface area contributed by atoms with Gasteiger partial charge in [-0.25, -0.2) is 19.0 Å². The lowest BCUT2D eigenvalue weighted by Gasteiger charge is -2.23. The van der Waals surface area contributed by atoms with Crippen molar-refractivity contribution in [1.82, 2.24) is 4.98 Å². The summed E-state index contributed by atoms with van der Waals surface area (Å²) in [5, 5.41) is 2.69. The minimum atomic E-state index is -0.979. The molecule has 0 saturated heterocycles. The highest BCUT2D eigenvalue weighted by atomic mass is 19.1. The van der Waals surface area contributed by atoms with E-state index in [9.17, 15) is 18.8 Å². The molecule has 0 bridgehead atoms. The minimum absolute atomic E-state index is 0.00727. The van der Waals surface area contributed by atoms with Crippen LogP contribution in [0.15, 0.2) is 60.7 Å². The number of pyridine rings is 1. The van der Waals surface area contributed by atoms with Crippen molar-refractivity contribution in [3.63, 3.8) is 0 Å². The largest absolute Gasteiger partial charge is 0.497 e. The van der Waals surface area contributed by atoms with E-state index in [0.29, 0.717) is 17.0 Å². The van der Waals surface area contributed by atoms with Crippen LogP contribution >= 0.6 is 0 Å². The number of benzene rings is 2.